The van der Waals surface area contributed by atoms with Gasteiger partial charge in [-0.3, -0.25) is 0 Å². The van der Waals surface area contributed by atoms with E-state index in [2.05, 4.69) is 36.1 Å². The Bertz CT molecular complexity index is 614. The van der Waals surface area contributed by atoms with Crippen LogP contribution in [0.25, 0.3) is 10.9 Å². The number of rotatable bonds is 4. The van der Waals surface area contributed by atoms with E-state index in [1.807, 2.05) is 6.07 Å². The maximum atomic E-state index is 5.79. The first-order valence-corrected chi connectivity index (χ1v) is 7.77. The fourth-order valence-electron chi connectivity index (χ4n) is 2.92. The van der Waals surface area contributed by atoms with Crippen molar-refractivity contribution in [1.82, 2.24) is 4.98 Å². The predicted molar refractivity (Wildman–Crippen MR) is 86.7 cm³/mol. The number of ether oxygens (including phenoxy) is 1. The molecule has 3 rings (SSSR count). The van der Waals surface area contributed by atoms with E-state index in [-0.39, 0.29) is 0 Å². The molecule has 4 nitrogen and oxygen atoms in total. The summed E-state index contributed by atoms with van der Waals surface area (Å²) in [6, 6.07) is 10.5. The summed E-state index contributed by atoms with van der Waals surface area (Å²) < 4.78 is 5.77. The van der Waals surface area contributed by atoms with Crippen molar-refractivity contribution in [1.29, 1.82) is 0 Å². The van der Waals surface area contributed by atoms with Crippen LogP contribution < -0.4 is 10.6 Å². The molecule has 1 unspecified atom stereocenters. The van der Waals surface area contributed by atoms with E-state index in [9.17, 15) is 0 Å². The van der Waals surface area contributed by atoms with Crippen LogP contribution in [0.4, 0.5) is 5.82 Å². The third-order valence-electron chi connectivity index (χ3n) is 4.09. The smallest absolute Gasteiger partial charge is 0.132 e. The van der Waals surface area contributed by atoms with Gasteiger partial charge in [0.2, 0.25) is 0 Å². The van der Waals surface area contributed by atoms with Gasteiger partial charge in [-0.05, 0) is 37.1 Å². The highest BCUT2D eigenvalue weighted by atomic mass is 16.5. The Labute approximate surface area is 125 Å². The number of hydrogen-bond donors (Lipinski definition) is 1. The summed E-state index contributed by atoms with van der Waals surface area (Å²) in [5.74, 6) is 1.08. The lowest BCUT2D eigenvalue weighted by Gasteiger charge is -2.34. The number of fused-ring (bicyclic) bond motifs is 1. The van der Waals surface area contributed by atoms with E-state index < -0.39 is 0 Å². The van der Waals surface area contributed by atoms with Crippen LogP contribution in [0.2, 0.25) is 0 Å². The lowest BCUT2D eigenvalue weighted by Crippen LogP contribution is -2.43. The molecule has 0 radical (unpaired) electrons. The Morgan fingerprint density at radius 1 is 1.38 bits per heavy atom. The molecule has 2 aromatic rings. The zero-order valence-electron chi connectivity index (χ0n) is 12.6. The van der Waals surface area contributed by atoms with Gasteiger partial charge in [-0.1, -0.05) is 25.1 Å². The molecule has 21 heavy (non-hydrogen) atoms. The Balaban J connectivity index is 2.00. The third-order valence-corrected chi connectivity index (χ3v) is 4.09. The summed E-state index contributed by atoms with van der Waals surface area (Å²) in [7, 11) is 0. The summed E-state index contributed by atoms with van der Waals surface area (Å²) in [5.41, 5.74) is 8.08. The molecule has 1 saturated heterocycles. The summed E-state index contributed by atoms with van der Waals surface area (Å²) in [5, 5.41) is 1.19. The van der Waals surface area contributed by atoms with Crippen molar-refractivity contribution in [2.45, 2.75) is 25.9 Å². The van der Waals surface area contributed by atoms with Crippen LogP contribution >= 0.6 is 0 Å². The monoisotopic (exact) mass is 285 g/mol. The fourth-order valence-corrected chi connectivity index (χ4v) is 2.92. The Morgan fingerprint density at radius 2 is 2.24 bits per heavy atom. The molecule has 2 heterocycles. The number of para-hydroxylation sites is 1. The largest absolute Gasteiger partial charge is 0.375 e. The standard InChI is InChI=1S/C17H23N3O/c1-2-15-12-20(9-10-21-15)17-14(7-8-18)11-13-5-3-4-6-16(13)19-17/h3-6,11,15H,2,7-10,12,18H2,1H3. The van der Waals surface area contributed by atoms with Gasteiger partial charge in [0.1, 0.15) is 5.82 Å². The molecule has 1 fully saturated rings. The van der Waals surface area contributed by atoms with Crippen LogP contribution in [-0.2, 0) is 11.2 Å². The average molecular weight is 285 g/mol. The van der Waals surface area contributed by atoms with Gasteiger partial charge < -0.3 is 15.4 Å². The number of pyridine rings is 1. The number of aromatic nitrogens is 1. The second-order valence-electron chi connectivity index (χ2n) is 5.55. The molecule has 1 atom stereocenters. The maximum absolute atomic E-state index is 5.79. The first-order chi connectivity index (χ1) is 10.3. The minimum atomic E-state index is 0.303. The molecule has 1 aromatic carbocycles. The highest BCUT2D eigenvalue weighted by Gasteiger charge is 2.22. The molecule has 0 amide bonds. The van der Waals surface area contributed by atoms with Crippen molar-refractivity contribution in [3.8, 4) is 0 Å². The minimum Gasteiger partial charge on any atom is -0.375 e. The Morgan fingerprint density at radius 3 is 3.05 bits per heavy atom. The lowest BCUT2D eigenvalue weighted by molar-refractivity contribution is 0.0381. The molecule has 2 N–H and O–H groups in total. The molecular weight excluding hydrogens is 262 g/mol. The van der Waals surface area contributed by atoms with E-state index in [4.69, 9.17) is 15.5 Å². The number of benzene rings is 1. The number of hydrogen-bond acceptors (Lipinski definition) is 4. The van der Waals surface area contributed by atoms with E-state index in [1.165, 1.54) is 10.9 Å². The van der Waals surface area contributed by atoms with Crippen LogP contribution in [0, 0.1) is 0 Å². The topological polar surface area (TPSA) is 51.4 Å². The van der Waals surface area contributed by atoms with Crippen LogP contribution in [0.1, 0.15) is 18.9 Å². The molecule has 1 aliphatic heterocycles. The molecule has 1 aliphatic rings. The van der Waals surface area contributed by atoms with Gasteiger partial charge in [0, 0.05) is 18.5 Å². The molecule has 0 bridgehead atoms. The predicted octanol–water partition coefficient (Wildman–Crippen LogP) is 2.35. The van der Waals surface area contributed by atoms with Crippen molar-refractivity contribution in [3.05, 3.63) is 35.9 Å². The summed E-state index contributed by atoms with van der Waals surface area (Å²) in [6.07, 6.45) is 2.20. The normalized spacial score (nSPS) is 19.1. The van der Waals surface area contributed by atoms with Crippen LogP contribution in [0.3, 0.4) is 0 Å². The second kappa shape index (κ2) is 6.41. The van der Waals surface area contributed by atoms with Gasteiger partial charge in [-0.25, -0.2) is 4.98 Å². The van der Waals surface area contributed by atoms with Gasteiger partial charge in [-0.2, -0.15) is 0 Å². The number of nitrogens with two attached hydrogens (primary N) is 1. The van der Waals surface area contributed by atoms with Gasteiger partial charge in [0.25, 0.3) is 0 Å². The quantitative estimate of drug-likeness (QED) is 0.937. The van der Waals surface area contributed by atoms with E-state index >= 15 is 0 Å². The van der Waals surface area contributed by atoms with Gasteiger partial charge in [-0.15, -0.1) is 0 Å². The van der Waals surface area contributed by atoms with Gasteiger partial charge in [0.05, 0.1) is 18.2 Å². The van der Waals surface area contributed by atoms with E-state index in [0.29, 0.717) is 12.6 Å². The number of morpholine rings is 1. The zero-order valence-corrected chi connectivity index (χ0v) is 12.6. The SMILES string of the molecule is CCC1CN(c2nc3ccccc3cc2CCN)CCO1. The molecule has 112 valence electrons. The van der Waals surface area contributed by atoms with Crippen LogP contribution in [-0.4, -0.2) is 37.3 Å². The highest BCUT2D eigenvalue weighted by Crippen LogP contribution is 2.26. The number of anilines is 1. The van der Waals surface area contributed by atoms with Gasteiger partial charge in [0.15, 0.2) is 0 Å². The molecule has 0 aliphatic carbocycles. The highest BCUT2D eigenvalue weighted by molar-refractivity contribution is 5.81. The molecule has 4 heteroatoms. The van der Waals surface area contributed by atoms with Crippen molar-refractivity contribution in [2.24, 2.45) is 5.73 Å². The zero-order chi connectivity index (χ0) is 14.7. The molecule has 1 aromatic heterocycles. The van der Waals surface area contributed by atoms with E-state index in [0.717, 1.165) is 43.9 Å². The summed E-state index contributed by atoms with van der Waals surface area (Å²) in [6.45, 7) is 5.41. The van der Waals surface area contributed by atoms with Crippen molar-refractivity contribution < 1.29 is 4.74 Å². The van der Waals surface area contributed by atoms with Crippen LogP contribution in [0.5, 0.6) is 0 Å². The number of nitrogens with zero attached hydrogens (tertiary/aromatic N) is 2. The fraction of sp³-hybridized carbons (Fsp3) is 0.471. The van der Waals surface area contributed by atoms with Crippen LogP contribution in [0.15, 0.2) is 30.3 Å². The summed E-state index contributed by atoms with van der Waals surface area (Å²) >= 11 is 0. The summed E-state index contributed by atoms with van der Waals surface area (Å²) in [4.78, 5) is 7.26. The van der Waals surface area contributed by atoms with Crippen molar-refractivity contribution in [2.75, 3.05) is 31.1 Å². The second-order valence-corrected chi connectivity index (χ2v) is 5.55. The molecule has 0 spiro atoms. The van der Waals surface area contributed by atoms with Gasteiger partial charge >= 0.3 is 0 Å². The first-order valence-electron chi connectivity index (χ1n) is 7.77. The Kier molecular flexibility index (Phi) is 4.36. The van der Waals surface area contributed by atoms with Crippen molar-refractivity contribution in [3.63, 3.8) is 0 Å². The average Bonchev–Trinajstić information content (AvgIpc) is 2.54. The lowest BCUT2D eigenvalue weighted by atomic mass is 10.1. The minimum absolute atomic E-state index is 0.303. The Hall–Kier alpha value is -1.65. The molecule has 0 saturated carbocycles. The first kappa shape index (κ1) is 14.3. The van der Waals surface area contributed by atoms with Crippen molar-refractivity contribution >= 4 is 16.7 Å². The maximum Gasteiger partial charge on any atom is 0.132 e. The van der Waals surface area contributed by atoms with E-state index in [1.54, 1.807) is 0 Å². The third kappa shape index (κ3) is 3.01. The molecular formula is C17H23N3O.